The minimum atomic E-state index is 0. The SMILES string of the molecule is C=C.C=CN(C)C.Cl.Cl. The standard InChI is InChI=1S/C4H9N.C2H4.2ClH/c1-4-5(2)3;1-2;;/h4H,1H2,2-3H3;1-2H2;2*1H. The van der Waals surface area contributed by atoms with Gasteiger partial charge in [-0.05, 0) is 6.20 Å². The van der Waals surface area contributed by atoms with Gasteiger partial charge in [0.05, 0.1) is 0 Å². The average Bonchev–Trinajstić information content (AvgIpc) is 1.73. The van der Waals surface area contributed by atoms with E-state index >= 15 is 0 Å². The quantitative estimate of drug-likeness (QED) is 0.548. The summed E-state index contributed by atoms with van der Waals surface area (Å²) in [6, 6.07) is 0. The van der Waals surface area contributed by atoms with Crippen molar-refractivity contribution in [2.75, 3.05) is 14.1 Å². The second kappa shape index (κ2) is 24.8. The molecule has 0 aliphatic heterocycles. The fourth-order valence-electron chi connectivity index (χ4n) is 0. The molecule has 0 atom stereocenters. The maximum absolute atomic E-state index is 3.49. The van der Waals surface area contributed by atoms with Crippen molar-refractivity contribution in [3.8, 4) is 0 Å². The summed E-state index contributed by atoms with van der Waals surface area (Å²) in [5.74, 6) is 0. The molecule has 0 aromatic carbocycles. The summed E-state index contributed by atoms with van der Waals surface area (Å²) < 4.78 is 0. The lowest BCUT2D eigenvalue weighted by Crippen LogP contribution is -1.97. The van der Waals surface area contributed by atoms with E-state index in [4.69, 9.17) is 0 Å². The maximum Gasteiger partial charge on any atom is 0.00554 e. The van der Waals surface area contributed by atoms with Crippen LogP contribution in [-0.4, -0.2) is 19.0 Å². The first-order valence-corrected chi connectivity index (χ1v) is 2.06. The second-order valence-electron chi connectivity index (χ2n) is 1.15. The summed E-state index contributed by atoms with van der Waals surface area (Å²) in [5.41, 5.74) is 0. The first kappa shape index (κ1) is 23.2. The summed E-state index contributed by atoms with van der Waals surface area (Å²) in [4.78, 5) is 1.89. The Balaban J connectivity index is -0.0000000286. The van der Waals surface area contributed by atoms with Crippen molar-refractivity contribution < 1.29 is 0 Å². The largest absolute Gasteiger partial charge is 0.384 e. The maximum atomic E-state index is 3.49. The summed E-state index contributed by atoms with van der Waals surface area (Å²) in [6.45, 7) is 9.49. The molecule has 0 bridgehead atoms. The van der Waals surface area contributed by atoms with Gasteiger partial charge >= 0.3 is 0 Å². The lowest BCUT2D eigenvalue weighted by atomic mass is 10.9. The topological polar surface area (TPSA) is 3.24 Å². The van der Waals surface area contributed by atoms with Gasteiger partial charge in [-0.1, -0.05) is 6.58 Å². The van der Waals surface area contributed by atoms with Gasteiger partial charge in [0.15, 0.2) is 0 Å². The summed E-state index contributed by atoms with van der Waals surface area (Å²) in [7, 11) is 3.88. The molecule has 1 nitrogen and oxygen atoms in total. The molecule has 0 aromatic rings. The molecule has 0 saturated heterocycles. The third kappa shape index (κ3) is 78.0. The molecule has 0 fully saturated rings. The van der Waals surface area contributed by atoms with Gasteiger partial charge in [-0.2, -0.15) is 0 Å². The van der Waals surface area contributed by atoms with Gasteiger partial charge in [-0.3, -0.25) is 0 Å². The van der Waals surface area contributed by atoms with Crippen molar-refractivity contribution >= 4 is 24.8 Å². The van der Waals surface area contributed by atoms with Crippen LogP contribution in [-0.2, 0) is 0 Å². The van der Waals surface area contributed by atoms with Crippen LogP contribution in [0.15, 0.2) is 25.9 Å². The van der Waals surface area contributed by atoms with Crippen LogP contribution >= 0.6 is 24.8 Å². The van der Waals surface area contributed by atoms with E-state index in [9.17, 15) is 0 Å². The van der Waals surface area contributed by atoms with Crippen LogP contribution in [0.5, 0.6) is 0 Å². The first-order valence-electron chi connectivity index (χ1n) is 2.06. The van der Waals surface area contributed by atoms with E-state index in [0.29, 0.717) is 0 Å². The monoisotopic (exact) mass is 171 g/mol. The third-order valence-corrected chi connectivity index (χ3v) is 0.365. The third-order valence-electron chi connectivity index (χ3n) is 0.365. The number of halogens is 2. The Morgan fingerprint density at radius 2 is 1.22 bits per heavy atom. The van der Waals surface area contributed by atoms with E-state index in [1.807, 2.05) is 19.0 Å². The molecule has 0 radical (unpaired) electrons. The Bertz CT molecular complexity index is 46.3. The Morgan fingerprint density at radius 1 is 1.11 bits per heavy atom. The van der Waals surface area contributed by atoms with Gasteiger partial charge in [-0.25, -0.2) is 0 Å². The second-order valence-corrected chi connectivity index (χ2v) is 1.15. The van der Waals surface area contributed by atoms with Crippen LogP contribution in [0.3, 0.4) is 0 Å². The number of hydrogen-bond donors (Lipinski definition) is 0. The molecule has 0 heterocycles. The Kier molecular flexibility index (Phi) is 63.9. The zero-order chi connectivity index (χ0) is 6.28. The summed E-state index contributed by atoms with van der Waals surface area (Å²) in [6.07, 6.45) is 1.75. The lowest BCUT2D eigenvalue weighted by molar-refractivity contribution is 0.566. The number of nitrogens with zero attached hydrogens (tertiary/aromatic N) is 1. The Morgan fingerprint density at radius 3 is 1.22 bits per heavy atom. The number of hydrogen-bond acceptors (Lipinski definition) is 1. The smallest absolute Gasteiger partial charge is 0.00554 e. The van der Waals surface area contributed by atoms with Gasteiger partial charge in [0.1, 0.15) is 0 Å². The van der Waals surface area contributed by atoms with Gasteiger partial charge in [-0.15, -0.1) is 38.0 Å². The molecule has 0 aliphatic carbocycles. The molecule has 0 spiro atoms. The Labute approximate surface area is 70.3 Å². The van der Waals surface area contributed by atoms with Crippen LogP contribution in [0.1, 0.15) is 0 Å². The minimum absolute atomic E-state index is 0. The molecule has 58 valence electrons. The van der Waals surface area contributed by atoms with Crippen molar-refractivity contribution in [3.63, 3.8) is 0 Å². The van der Waals surface area contributed by atoms with Gasteiger partial charge in [0, 0.05) is 14.1 Å². The minimum Gasteiger partial charge on any atom is -0.384 e. The van der Waals surface area contributed by atoms with Gasteiger partial charge < -0.3 is 4.90 Å². The molecule has 0 aromatic heterocycles. The van der Waals surface area contributed by atoms with E-state index < -0.39 is 0 Å². The van der Waals surface area contributed by atoms with Crippen molar-refractivity contribution in [2.45, 2.75) is 0 Å². The molecular weight excluding hydrogens is 157 g/mol. The van der Waals surface area contributed by atoms with Gasteiger partial charge in [0.25, 0.3) is 0 Å². The fourth-order valence-corrected chi connectivity index (χ4v) is 0. The normalized spacial score (nSPS) is 4.22. The summed E-state index contributed by atoms with van der Waals surface area (Å²) in [5, 5.41) is 0. The molecule has 9 heavy (non-hydrogen) atoms. The molecule has 0 rings (SSSR count). The zero-order valence-electron chi connectivity index (χ0n) is 5.96. The van der Waals surface area contributed by atoms with E-state index in [2.05, 4.69) is 19.7 Å². The van der Waals surface area contributed by atoms with E-state index in [-0.39, 0.29) is 24.8 Å². The highest BCUT2D eigenvalue weighted by Crippen LogP contribution is 1.64. The Hall–Kier alpha value is -0.140. The van der Waals surface area contributed by atoms with Crippen LogP contribution in [0.25, 0.3) is 0 Å². The van der Waals surface area contributed by atoms with Crippen LogP contribution in [0.2, 0.25) is 0 Å². The summed E-state index contributed by atoms with van der Waals surface area (Å²) >= 11 is 0. The highest BCUT2D eigenvalue weighted by Gasteiger charge is 1.62. The molecule has 0 saturated carbocycles. The molecule has 0 aliphatic rings. The predicted molar refractivity (Wildman–Crippen MR) is 49.6 cm³/mol. The molecule has 0 N–H and O–H groups in total. The number of rotatable bonds is 1. The van der Waals surface area contributed by atoms with E-state index in [1.165, 1.54) is 0 Å². The fraction of sp³-hybridized carbons (Fsp3) is 0.333. The molecular formula is C6H15Cl2N. The predicted octanol–water partition coefficient (Wildman–Crippen LogP) is 2.34. The van der Waals surface area contributed by atoms with E-state index in [1.54, 1.807) is 6.20 Å². The first-order chi connectivity index (χ1) is 3.27. The average molecular weight is 172 g/mol. The van der Waals surface area contributed by atoms with Crippen LogP contribution in [0, 0.1) is 0 Å². The molecule has 0 unspecified atom stereocenters. The highest BCUT2D eigenvalue weighted by atomic mass is 35.5. The van der Waals surface area contributed by atoms with E-state index in [0.717, 1.165) is 0 Å². The van der Waals surface area contributed by atoms with Crippen LogP contribution in [0.4, 0.5) is 0 Å². The van der Waals surface area contributed by atoms with Crippen molar-refractivity contribution in [3.05, 3.63) is 25.9 Å². The molecule has 0 amide bonds. The van der Waals surface area contributed by atoms with Crippen molar-refractivity contribution in [1.29, 1.82) is 0 Å². The zero-order valence-corrected chi connectivity index (χ0v) is 7.60. The highest BCUT2D eigenvalue weighted by molar-refractivity contribution is 5.85. The van der Waals surface area contributed by atoms with Crippen molar-refractivity contribution in [2.24, 2.45) is 0 Å². The van der Waals surface area contributed by atoms with Gasteiger partial charge in [0.2, 0.25) is 0 Å². The van der Waals surface area contributed by atoms with Crippen LogP contribution < -0.4 is 0 Å². The molecule has 3 heteroatoms. The lowest BCUT2D eigenvalue weighted by Gasteiger charge is -1.98. The van der Waals surface area contributed by atoms with Crippen molar-refractivity contribution in [1.82, 2.24) is 4.90 Å².